The number of hydrogen-bond acceptors (Lipinski definition) is 2. The first-order valence-electron chi connectivity index (χ1n) is 7.36. The van der Waals surface area contributed by atoms with Crippen LogP contribution in [0.3, 0.4) is 0 Å². The number of carbonyl (C=O) groups excluding carboxylic acids is 1. The molecule has 1 amide bonds. The molecule has 1 aromatic carbocycles. The van der Waals surface area contributed by atoms with E-state index in [-0.39, 0.29) is 24.4 Å². The molecule has 0 unspecified atom stereocenters. The van der Waals surface area contributed by atoms with E-state index < -0.39 is 17.2 Å². The Balaban J connectivity index is 1.89. The van der Waals surface area contributed by atoms with Gasteiger partial charge in [-0.3, -0.25) is 4.79 Å². The number of nitriles is 1. The predicted molar refractivity (Wildman–Crippen MR) is 76.5 cm³/mol. The van der Waals surface area contributed by atoms with Crippen LogP contribution in [0.1, 0.15) is 38.3 Å². The van der Waals surface area contributed by atoms with Gasteiger partial charge in [-0.25, -0.2) is 8.78 Å². The van der Waals surface area contributed by atoms with E-state index >= 15 is 0 Å². The van der Waals surface area contributed by atoms with Crippen LogP contribution < -0.4 is 10.6 Å². The fraction of sp³-hybridized carbons (Fsp3) is 0.500. The molecule has 1 aliphatic carbocycles. The summed E-state index contributed by atoms with van der Waals surface area (Å²) in [7, 11) is 0. The molecule has 2 atom stereocenters. The van der Waals surface area contributed by atoms with Gasteiger partial charge in [0.2, 0.25) is 0 Å². The number of rotatable bonds is 6. The van der Waals surface area contributed by atoms with E-state index in [9.17, 15) is 18.8 Å². The summed E-state index contributed by atoms with van der Waals surface area (Å²) in [6, 6.07) is 5.25. The first-order valence-corrected chi connectivity index (χ1v) is 7.36. The molecule has 1 fully saturated rings. The van der Waals surface area contributed by atoms with Crippen molar-refractivity contribution in [3.8, 4) is 6.07 Å². The zero-order chi connectivity index (χ0) is 16.3. The summed E-state index contributed by atoms with van der Waals surface area (Å²) in [6.07, 6.45) is 1.90. The molecule has 0 heterocycles. The molecule has 0 radical (unpaired) electrons. The van der Waals surface area contributed by atoms with E-state index in [0.29, 0.717) is 5.56 Å². The number of nitrogens with two attached hydrogens (primary N) is 1. The summed E-state index contributed by atoms with van der Waals surface area (Å²) in [5.41, 5.74) is -0.477. The van der Waals surface area contributed by atoms with Crippen molar-refractivity contribution >= 4 is 5.91 Å². The van der Waals surface area contributed by atoms with Gasteiger partial charge in [-0.1, -0.05) is 0 Å². The average molecular weight is 308 g/mol. The number of hydrogen-bond donors (Lipinski definition) is 2. The van der Waals surface area contributed by atoms with E-state index in [2.05, 4.69) is 11.4 Å². The molecule has 118 valence electrons. The molecule has 3 N–H and O–H groups in total. The first-order chi connectivity index (χ1) is 10.4. The van der Waals surface area contributed by atoms with Crippen molar-refractivity contribution in [2.75, 3.05) is 6.54 Å². The third-order valence-corrected chi connectivity index (χ3v) is 4.14. The van der Waals surface area contributed by atoms with Gasteiger partial charge in [0, 0.05) is 11.6 Å². The largest absolute Gasteiger partial charge is 0.333 e. The van der Waals surface area contributed by atoms with Crippen LogP contribution in [0, 0.1) is 28.9 Å². The molecule has 0 aromatic heterocycles. The Morgan fingerprint density at radius 2 is 2.23 bits per heavy atom. The first kappa shape index (κ1) is 16.4. The molecule has 0 aliphatic heterocycles. The lowest BCUT2D eigenvalue weighted by atomic mass is 9.98. The molecule has 6 heteroatoms. The maximum absolute atomic E-state index is 13.7. The highest BCUT2D eigenvalue weighted by atomic mass is 19.1. The summed E-state index contributed by atoms with van der Waals surface area (Å²) in [6.45, 7) is 3.56. The molecule has 0 spiro atoms. The van der Waals surface area contributed by atoms with Crippen LogP contribution in [0.4, 0.5) is 8.78 Å². The average Bonchev–Trinajstić information content (AvgIpc) is 3.29. The third-order valence-electron chi connectivity index (χ3n) is 4.14. The van der Waals surface area contributed by atoms with Crippen molar-refractivity contribution in [3.05, 3.63) is 35.4 Å². The van der Waals surface area contributed by atoms with Crippen LogP contribution in [-0.2, 0) is 4.79 Å². The van der Waals surface area contributed by atoms with Crippen molar-refractivity contribution < 1.29 is 18.9 Å². The van der Waals surface area contributed by atoms with Crippen molar-refractivity contribution in [1.29, 1.82) is 5.26 Å². The topological polar surface area (TPSA) is 69.5 Å². The second-order valence-electron chi connectivity index (χ2n) is 6.03. The molecular formula is C16H20F2N3O+. The Labute approximate surface area is 128 Å². The highest BCUT2D eigenvalue weighted by Gasteiger charge is 2.43. The van der Waals surface area contributed by atoms with E-state index in [1.54, 1.807) is 19.2 Å². The summed E-state index contributed by atoms with van der Waals surface area (Å²) in [4.78, 5) is 12.0. The van der Waals surface area contributed by atoms with Gasteiger partial charge < -0.3 is 10.6 Å². The number of nitrogens with zero attached hydrogens (tertiary/aromatic N) is 1. The molecule has 2 rings (SSSR count). The van der Waals surface area contributed by atoms with E-state index in [1.807, 2.05) is 0 Å². The lowest BCUT2D eigenvalue weighted by Gasteiger charge is -2.22. The van der Waals surface area contributed by atoms with Crippen LogP contribution in [-0.4, -0.2) is 18.0 Å². The highest BCUT2D eigenvalue weighted by molar-refractivity contribution is 5.78. The number of halogens is 2. The number of quaternary nitrogens is 1. The van der Waals surface area contributed by atoms with E-state index in [1.165, 1.54) is 12.1 Å². The molecule has 22 heavy (non-hydrogen) atoms. The monoisotopic (exact) mass is 308 g/mol. The Hall–Kier alpha value is -2.00. The molecule has 1 aromatic rings. The Morgan fingerprint density at radius 1 is 1.55 bits per heavy atom. The minimum Gasteiger partial charge on any atom is -0.333 e. The van der Waals surface area contributed by atoms with Crippen LogP contribution in [0.5, 0.6) is 0 Å². The maximum atomic E-state index is 13.7. The van der Waals surface area contributed by atoms with E-state index in [4.69, 9.17) is 0 Å². The second-order valence-corrected chi connectivity index (χ2v) is 6.03. The van der Waals surface area contributed by atoms with Crippen LogP contribution >= 0.6 is 0 Å². The summed E-state index contributed by atoms with van der Waals surface area (Å²) < 4.78 is 26.5. The van der Waals surface area contributed by atoms with E-state index in [0.717, 1.165) is 18.9 Å². The predicted octanol–water partition coefficient (Wildman–Crippen LogP) is 1.40. The number of carbonyl (C=O) groups is 1. The molecular weight excluding hydrogens is 288 g/mol. The van der Waals surface area contributed by atoms with Crippen molar-refractivity contribution in [3.63, 3.8) is 0 Å². The second kappa shape index (κ2) is 6.41. The van der Waals surface area contributed by atoms with Gasteiger partial charge >= 0.3 is 0 Å². The Kier molecular flexibility index (Phi) is 4.77. The molecule has 1 aliphatic rings. The van der Waals surface area contributed by atoms with Gasteiger partial charge in [0.1, 0.15) is 23.2 Å². The van der Waals surface area contributed by atoms with Gasteiger partial charge in [-0.2, -0.15) is 5.26 Å². The zero-order valence-electron chi connectivity index (χ0n) is 12.7. The van der Waals surface area contributed by atoms with Crippen LogP contribution in [0.2, 0.25) is 0 Å². The van der Waals surface area contributed by atoms with Gasteiger partial charge in [-0.05, 0) is 44.7 Å². The smallest absolute Gasteiger partial charge is 0.276 e. The van der Waals surface area contributed by atoms with Gasteiger partial charge in [0.25, 0.3) is 5.91 Å². The van der Waals surface area contributed by atoms with Crippen LogP contribution in [0.25, 0.3) is 0 Å². The Morgan fingerprint density at radius 3 is 2.77 bits per heavy atom. The highest BCUT2D eigenvalue weighted by Crippen LogP contribution is 2.39. The quantitative estimate of drug-likeness (QED) is 0.834. The summed E-state index contributed by atoms with van der Waals surface area (Å²) >= 11 is 0. The van der Waals surface area contributed by atoms with Gasteiger partial charge in [-0.15, -0.1) is 0 Å². The minimum atomic E-state index is -0.824. The van der Waals surface area contributed by atoms with Crippen LogP contribution in [0.15, 0.2) is 18.2 Å². The van der Waals surface area contributed by atoms with Crippen molar-refractivity contribution in [1.82, 2.24) is 5.32 Å². The van der Waals surface area contributed by atoms with Crippen molar-refractivity contribution in [2.45, 2.75) is 38.3 Å². The number of amides is 1. The summed E-state index contributed by atoms with van der Waals surface area (Å²) in [5, 5.41) is 13.6. The standard InChI is InChI=1S/C16H19F2N3O/c1-10(13-6-5-12(17)7-14(13)18)20-8-15(22)21-16(2,9-19)11-3-4-11/h5-7,10-11,20H,3-4,8H2,1-2H3,(H,21,22)/p+1/t10-,16-/m1/s1. The lowest BCUT2D eigenvalue weighted by Crippen LogP contribution is -2.87. The van der Waals surface area contributed by atoms with Gasteiger partial charge in [0.15, 0.2) is 6.54 Å². The SMILES string of the molecule is C[C@@H]([NH2+]CC(=O)N[C@](C)(C#N)C1CC1)c1ccc(F)cc1F. The number of benzene rings is 1. The molecule has 4 nitrogen and oxygen atoms in total. The Bertz CT molecular complexity index is 610. The van der Waals surface area contributed by atoms with Gasteiger partial charge in [0.05, 0.1) is 6.07 Å². The fourth-order valence-electron chi connectivity index (χ4n) is 2.50. The van der Waals surface area contributed by atoms with Crippen molar-refractivity contribution in [2.24, 2.45) is 5.92 Å². The molecule has 1 saturated carbocycles. The number of nitrogens with one attached hydrogen (secondary N) is 1. The molecule has 0 bridgehead atoms. The normalized spacial score (nSPS) is 18.1. The third kappa shape index (κ3) is 3.80. The lowest BCUT2D eigenvalue weighted by molar-refractivity contribution is -0.682. The minimum absolute atomic E-state index is 0.0853. The summed E-state index contributed by atoms with van der Waals surface area (Å²) in [5.74, 6) is -1.29. The fourth-order valence-corrected chi connectivity index (χ4v) is 2.50. The zero-order valence-corrected chi connectivity index (χ0v) is 12.7. The maximum Gasteiger partial charge on any atom is 0.276 e. The molecule has 0 saturated heterocycles.